The van der Waals surface area contributed by atoms with Crippen molar-refractivity contribution in [2.45, 2.75) is 40.2 Å². The molecule has 118 valence electrons. The van der Waals surface area contributed by atoms with Gasteiger partial charge in [0.2, 0.25) is 0 Å². The summed E-state index contributed by atoms with van der Waals surface area (Å²) < 4.78 is 4.97. The van der Waals surface area contributed by atoms with Gasteiger partial charge in [0.25, 0.3) is 0 Å². The fourth-order valence-electron chi connectivity index (χ4n) is 2.26. The molecule has 4 heteroatoms. The molecule has 0 saturated carbocycles. The van der Waals surface area contributed by atoms with Crippen molar-refractivity contribution in [2.24, 2.45) is 0 Å². The van der Waals surface area contributed by atoms with Gasteiger partial charge in [-0.25, -0.2) is 0 Å². The molecule has 0 aromatic heterocycles. The number of ether oxygens (including phenoxy) is 1. The minimum Gasteiger partial charge on any atom is -0.465 e. The van der Waals surface area contributed by atoms with E-state index in [-0.39, 0.29) is 12.0 Å². The van der Waals surface area contributed by atoms with Crippen LogP contribution in [0.25, 0.3) is 0 Å². The Morgan fingerprint density at radius 2 is 2.10 bits per heavy atom. The second-order valence-electron chi connectivity index (χ2n) is 5.19. The molecule has 1 atom stereocenters. The van der Waals surface area contributed by atoms with Gasteiger partial charge in [-0.15, -0.1) is 11.8 Å². The van der Waals surface area contributed by atoms with Gasteiger partial charge < -0.3 is 10.1 Å². The van der Waals surface area contributed by atoms with E-state index >= 15 is 0 Å². The van der Waals surface area contributed by atoms with Gasteiger partial charge in [-0.3, -0.25) is 4.79 Å². The molecule has 0 aliphatic rings. The van der Waals surface area contributed by atoms with Crippen LogP contribution in [0.3, 0.4) is 0 Å². The third-order valence-electron chi connectivity index (χ3n) is 3.25. The van der Waals surface area contributed by atoms with E-state index in [2.05, 4.69) is 44.3 Å². The molecule has 0 heterocycles. The van der Waals surface area contributed by atoms with Gasteiger partial charge in [-0.1, -0.05) is 30.7 Å². The zero-order valence-electron chi connectivity index (χ0n) is 13.6. The monoisotopic (exact) mass is 309 g/mol. The van der Waals surface area contributed by atoms with Gasteiger partial charge >= 0.3 is 5.97 Å². The minimum atomic E-state index is -0.127. The summed E-state index contributed by atoms with van der Waals surface area (Å²) in [4.78, 5) is 11.4. The maximum atomic E-state index is 11.4. The lowest BCUT2D eigenvalue weighted by Gasteiger charge is -2.21. The van der Waals surface area contributed by atoms with E-state index < -0.39 is 0 Å². The van der Waals surface area contributed by atoms with Gasteiger partial charge in [-0.2, -0.15) is 0 Å². The summed E-state index contributed by atoms with van der Waals surface area (Å²) in [6.45, 7) is 9.70. The molecule has 1 unspecified atom stereocenters. The largest absolute Gasteiger partial charge is 0.465 e. The van der Waals surface area contributed by atoms with E-state index in [4.69, 9.17) is 4.74 Å². The van der Waals surface area contributed by atoms with Gasteiger partial charge in [-0.05, 0) is 44.9 Å². The molecule has 0 aliphatic heterocycles. The summed E-state index contributed by atoms with van der Waals surface area (Å²) in [5.41, 5.74) is 3.91. The molecule has 0 fully saturated rings. The van der Waals surface area contributed by atoms with Crippen molar-refractivity contribution in [3.05, 3.63) is 34.9 Å². The van der Waals surface area contributed by atoms with Crippen molar-refractivity contribution in [1.29, 1.82) is 0 Å². The standard InChI is InChI=1S/C17H27NO2S/c1-5-9-18-16(11-21-12-17(19)20-6-2)15-8-7-13(3)10-14(15)4/h7-8,10,16,18H,5-6,9,11-12H2,1-4H3. The maximum absolute atomic E-state index is 11.4. The van der Waals surface area contributed by atoms with E-state index in [1.807, 2.05) is 6.92 Å². The number of hydrogen-bond acceptors (Lipinski definition) is 4. The van der Waals surface area contributed by atoms with Crippen LogP contribution in [0.5, 0.6) is 0 Å². The Balaban J connectivity index is 2.64. The van der Waals surface area contributed by atoms with Crippen LogP contribution < -0.4 is 5.32 Å². The minimum absolute atomic E-state index is 0.127. The van der Waals surface area contributed by atoms with Crippen LogP contribution in [0.15, 0.2) is 18.2 Å². The van der Waals surface area contributed by atoms with Gasteiger partial charge in [0.1, 0.15) is 0 Å². The van der Waals surface area contributed by atoms with E-state index in [0.717, 1.165) is 18.7 Å². The van der Waals surface area contributed by atoms with Crippen LogP contribution in [-0.4, -0.2) is 30.6 Å². The number of thioether (sulfide) groups is 1. The summed E-state index contributed by atoms with van der Waals surface area (Å²) in [6, 6.07) is 6.85. The zero-order valence-corrected chi connectivity index (χ0v) is 14.4. The average Bonchev–Trinajstić information content (AvgIpc) is 2.43. The molecule has 1 aromatic rings. The first-order valence-electron chi connectivity index (χ1n) is 7.62. The Morgan fingerprint density at radius 3 is 2.71 bits per heavy atom. The van der Waals surface area contributed by atoms with Crippen LogP contribution in [0.2, 0.25) is 0 Å². The molecule has 0 spiro atoms. The third kappa shape index (κ3) is 6.53. The topological polar surface area (TPSA) is 38.3 Å². The van der Waals surface area contributed by atoms with Crippen molar-refractivity contribution < 1.29 is 9.53 Å². The number of benzene rings is 1. The quantitative estimate of drug-likeness (QED) is 0.707. The number of carbonyl (C=O) groups excluding carboxylic acids is 1. The second-order valence-corrected chi connectivity index (χ2v) is 6.22. The van der Waals surface area contributed by atoms with E-state index in [9.17, 15) is 4.79 Å². The molecule has 3 nitrogen and oxygen atoms in total. The lowest BCUT2D eigenvalue weighted by Crippen LogP contribution is -2.25. The lowest BCUT2D eigenvalue weighted by molar-refractivity contribution is -0.139. The highest BCUT2D eigenvalue weighted by molar-refractivity contribution is 7.99. The van der Waals surface area contributed by atoms with Crippen LogP contribution in [0.1, 0.15) is 43.0 Å². The summed E-state index contributed by atoms with van der Waals surface area (Å²) >= 11 is 1.63. The highest BCUT2D eigenvalue weighted by atomic mass is 32.2. The fraction of sp³-hybridized carbons (Fsp3) is 0.588. The average molecular weight is 309 g/mol. The molecule has 0 bridgehead atoms. The van der Waals surface area contributed by atoms with Crippen LogP contribution in [0, 0.1) is 13.8 Å². The van der Waals surface area contributed by atoms with E-state index in [0.29, 0.717) is 12.4 Å². The van der Waals surface area contributed by atoms with Gasteiger partial charge in [0, 0.05) is 11.8 Å². The maximum Gasteiger partial charge on any atom is 0.315 e. The third-order valence-corrected chi connectivity index (χ3v) is 4.26. The molecule has 0 amide bonds. The van der Waals surface area contributed by atoms with Crippen LogP contribution in [-0.2, 0) is 9.53 Å². The van der Waals surface area contributed by atoms with Gasteiger partial charge in [0.15, 0.2) is 0 Å². The molecular formula is C17H27NO2S. The number of nitrogens with one attached hydrogen (secondary N) is 1. The van der Waals surface area contributed by atoms with Crippen LogP contribution >= 0.6 is 11.8 Å². The predicted octanol–water partition coefficient (Wildman–Crippen LogP) is 3.64. The van der Waals surface area contributed by atoms with Crippen LogP contribution in [0.4, 0.5) is 0 Å². The number of hydrogen-bond donors (Lipinski definition) is 1. The van der Waals surface area contributed by atoms with Crippen molar-refractivity contribution in [2.75, 3.05) is 24.7 Å². The Hall–Kier alpha value is -1.00. The Labute approximate surface area is 132 Å². The summed E-state index contributed by atoms with van der Waals surface area (Å²) in [5.74, 6) is 1.17. The summed E-state index contributed by atoms with van der Waals surface area (Å²) in [6.07, 6.45) is 1.10. The smallest absolute Gasteiger partial charge is 0.315 e. The number of rotatable bonds is 9. The van der Waals surface area contributed by atoms with Crippen molar-refractivity contribution >= 4 is 17.7 Å². The van der Waals surface area contributed by atoms with Crippen molar-refractivity contribution in [3.63, 3.8) is 0 Å². The number of carbonyl (C=O) groups is 1. The highest BCUT2D eigenvalue weighted by Gasteiger charge is 2.14. The first kappa shape index (κ1) is 18.1. The SMILES string of the molecule is CCCNC(CSCC(=O)OCC)c1ccc(C)cc1C. The van der Waals surface area contributed by atoms with Crippen molar-refractivity contribution in [1.82, 2.24) is 5.32 Å². The molecule has 21 heavy (non-hydrogen) atoms. The second kappa shape index (κ2) is 9.85. The Bertz CT molecular complexity index is 448. The first-order chi connectivity index (χ1) is 10.1. The molecule has 0 radical (unpaired) electrons. The predicted molar refractivity (Wildman–Crippen MR) is 90.9 cm³/mol. The molecule has 0 saturated heterocycles. The van der Waals surface area contributed by atoms with E-state index in [1.54, 1.807) is 11.8 Å². The van der Waals surface area contributed by atoms with Crippen molar-refractivity contribution in [3.8, 4) is 0 Å². The molecule has 1 aromatic carbocycles. The van der Waals surface area contributed by atoms with E-state index in [1.165, 1.54) is 16.7 Å². The molecule has 1 N–H and O–H groups in total. The Morgan fingerprint density at radius 1 is 1.33 bits per heavy atom. The summed E-state index contributed by atoms with van der Waals surface area (Å²) in [7, 11) is 0. The molecule has 0 aliphatic carbocycles. The highest BCUT2D eigenvalue weighted by Crippen LogP contribution is 2.23. The normalized spacial score (nSPS) is 12.2. The summed E-state index contributed by atoms with van der Waals surface area (Å²) in [5, 5.41) is 3.58. The molecule has 1 rings (SSSR count). The number of aryl methyl sites for hydroxylation is 2. The molecular weight excluding hydrogens is 282 g/mol. The first-order valence-corrected chi connectivity index (χ1v) is 8.77. The van der Waals surface area contributed by atoms with Gasteiger partial charge in [0.05, 0.1) is 12.4 Å². The Kier molecular flexibility index (Phi) is 8.47. The zero-order chi connectivity index (χ0) is 15.7. The number of esters is 1. The lowest BCUT2D eigenvalue weighted by atomic mass is 10.00. The fourth-order valence-corrected chi connectivity index (χ4v) is 3.16.